The molecule has 5 heteroatoms. The van der Waals surface area contributed by atoms with Gasteiger partial charge in [-0.05, 0) is 40.9 Å². The number of pyridine rings is 1. The van der Waals surface area contributed by atoms with Gasteiger partial charge in [0, 0.05) is 11.8 Å². The molecular formula is C11H14N4S. The lowest BCUT2D eigenvalue weighted by Crippen LogP contribution is -2.30. The van der Waals surface area contributed by atoms with Gasteiger partial charge in [0.2, 0.25) is 0 Å². The normalized spacial score (nSPS) is 12.6. The molecule has 5 N–H and O–H groups in total. The first-order chi connectivity index (χ1) is 7.74. The Balaban J connectivity index is 2.49. The van der Waals surface area contributed by atoms with Crippen LogP contribution >= 0.6 is 11.3 Å². The van der Waals surface area contributed by atoms with Crippen molar-refractivity contribution in [1.29, 1.82) is 0 Å². The van der Waals surface area contributed by atoms with Crippen LogP contribution in [-0.4, -0.2) is 4.98 Å². The van der Waals surface area contributed by atoms with Crippen LogP contribution in [-0.2, 0) is 0 Å². The van der Waals surface area contributed by atoms with Crippen molar-refractivity contribution in [3.63, 3.8) is 0 Å². The summed E-state index contributed by atoms with van der Waals surface area (Å²) in [6.07, 6.45) is 1.70. The van der Waals surface area contributed by atoms with Crippen molar-refractivity contribution in [2.45, 2.75) is 13.0 Å². The van der Waals surface area contributed by atoms with Gasteiger partial charge in [0.25, 0.3) is 0 Å². The molecule has 0 aromatic carbocycles. The fraction of sp³-hybridized carbons (Fsp3) is 0.182. The van der Waals surface area contributed by atoms with E-state index >= 15 is 0 Å². The molecule has 1 atom stereocenters. The van der Waals surface area contributed by atoms with E-state index < -0.39 is 0 Å². The number of hydrogen-bond acceptors (Lipinski definition) is 5. The van der Waals surface area contributed by atoms with Gasteiger partial charge in [0.1, 0.15) is 5.82 Å². The Morgan fingerprint density at radius 1 is 1.44 bits per heavy atom. The second-order valence-electron chi connectivity index (χ2n) is 3.58. The SMILES string of the molecule is Cc1ccnc(N)c1C(NN)c1ccsc1. The summed E-state index contributed by atoms with van der Waals surface area (Å²) >= 11 is 1.63. The minimum atomic E-state index is -0.0973. The molecule has 2 heterocycles. The Morgan fingerprint density at radius 3 is 2.81 bits per heavy atom. The summed E-state index contributed by atoms with van der Waals surface area (Å²) in [5.41, 5.74) is 11.8. The molecule has 2 aromatic rings. The van der Waals surface area contributed by atoms with Gasteiger partial charge in [-0.2, -0.15) is 11.3 Å². The zero-order valence-electron chi connectivity index (χ0n) is 8.97. The third-order valence-corrected chi connectivity index (χ3v) is 3.27. The standard InChI is InChI=1S/C11H14N4S/c1-7-2-4-14-11(12)9(7)10(15-13)8-3-5-16-6-8/h2-6,10,15H,13H2,1H3,(H2,12,14). The smallest absolute Gasteiger partial charge is 0.128 e. The highest BCUT2D eigenvalue weighted by molar-refractivity contribution is 7.08. The monoisotopic (exact) mass is 234 g/mol. The maximum atomic E-state index is 5.90. The van der Waals surface area contributed by atoms with Crippen LogP contribution < -0.4 is 17.0 Å². The lowest BCUT2D eigenvalue weighted by atomic mass is 9.98. The van der Waals surface area contributed by atoms with Crippen molar-refractivity contribution < 1.29 is 0 Å². The van der Waals surface area contributed by atoms with E-state index in [0.717, 1.165) is 16.7 Å². The van der Waals surface area contributed by atoms with Crippen molar-refractivity contribution >= 4 is 17.2 Å². The van der Waals surface area contributed by atoms with Gasteiger partial charge in [0.15, 0.2) is 0 Å². The molecular weight excluding hydrogens is 220 g/mol. The quantitative estimate of drug-likeness (QED) is 0.556. The lowest BCUT2D eigenvalue weighted by molar-refractivity contribution is 0.635. The number of nitrogen functional groups attached to an aromatic ring is 1. The number of nitrogens with zero attached hydrogens (tertiary/aromatic N) is 1. The number of nitrogens with one attached hydrogen (secondary N) is 1. The summed E-state index contributed by atoms with van der Waals surface area (Å²) in [6.45, 7) is 2.00. The van der Waals surface area contributed by atoms with Crippen LogP contribution in [0.15, 0.2) is 29.1 Å². The van der Waals surface area contributed by atoms with Gasteiger partial charge in [0.05, 0.1) is 6.04 Å². The highest BCUT2D eigenvalue weighted by atomic mass is 32.1. The Bertz CT molecular complexity index is 447. The Morgan fingerprint density at radius 2 is 2.25 bits per heavy atom. The first-order valence-corrected chi connectivity index (χ1v) is 5.87. The molecule has 0 aliphatic rings. The molecule has 0 spiro atoms. The summed E-state index contributed by atoms with van der Waals surface area (Å²) in [7, 11) is 0. The van der Waals surface area contributed by atoms with Crippen LogP contribution in [0.3, 0.4) is 0 Å². The predicted molar refractivity (Wildman–Crippen MR) is 66.9 cm³/mol. The number of anilines is 1. The van der Waals surface area contributed by atoms with E-state index in [-0.39, 0.29) is 6.04 Å². The molecule has 0 fully saturated rings. The van der Waals surface area contributed by atoms with Crippen LogP contribution in [0, 0.1) is 6.92 Å². The molecule has 0 bridgehead atoms. The van der Waals surface area contributed by atoms with Crippen LogP contribution in [0.25, 0.3) is 0 Å². The third-order valence-electron chi connectivity index (χ3n) is 2.57. The number of aromatic nitrogens is 1. The van der Waals surface area contributed by atoms with E-state index in [2.05, 4.69) is 15.8 Å². The second-order valence-corrected chi connectivity index (χ2v) is 4.36. The number of hydrogen-bond donors (Lipinski definition) is 3. The minimum Gasteiger partial charge on any atom is -0.383 e. The maximum absolute atomic E-state index is 5.90. The van der Waals surface area contributed by atoms with E-state index in [1.165, 1.54) is 0 Å². The predicted octanol–water partition coefficient (Wildman–Crippen LogP) is 1.59. The minimum absolute atomic E-state index is 0.0973. The summed E-state index contributed by atoms with van der Waals surface area (Å²) in [6, 6.07) is 3.86. The summed E-state index contributed by atoms with van der Waals surface area (Å²) in [4.78, 5) is 4.10. The van der Waals surface area contributed by atoms with Crippen LogP contribution in [0.2, 0.25) is 0 Å². The van der Waals surface area contributed by atoms with E-state index in [1.807, 2.05) is 24.4 Å². The first kappa shape index (κ1) is 11.1. The van der Waals surface area contributed by atoms with Crippen molar-refractivity contribution in [3.05, 3.63) is 45.8 Å². The van der Waals surface area contributed by atoms with E-state index in [4.69, 9.17) is 11.6 Å². The largest absolute Gasteiger partial charge is 0.383 e. The van der Waals surface area contributed by atoms with E-state index in [1.54, 1.807) is 17.5 Å². The molecule has 0 saturated carbocycles. The van der Waals surface area contributed by atoms with Crippen LogP contribution in [0.5, 0.6) is 0 Å². The van der Waals surface area contributed by atoms with Crippen molar-refractivity contribution in [2.24, 2.45) is 5.84 Å². The molecule has 1 unspecified atom stereocenters. The van der Waals surface area contributed by atoms with Crippen molar-refractivity contribution in [1.82, 2.24) is 10.4 Å². The summed E-state index contributed by atoms with van der Waals surface area (Å²) < 4.78 is 0. The molecule has 84 valence electrons. The number of hydrazine groups is 1. The lowest BCUT2D eigenvalue weighted by Gasteiger charge is -2.18. The first-order valence-electron chi connectivity index (χ1n) is 4.93. The molecule has 16 heavy (non-hydrogen) atoms. The van der Waals surface area contributed by atoms with Crippen molar-refractivity contribution in [3.8, 4) is 0 Å². The van der Waals surface area contributed by atoms with Gasteiger partial charge >= 0.3 is 0 Å². The molecule has 0 saturated heterocycles. The fourth-order valence-electron chi connectivity index (χ4n) is 1.75. The zero-order valence-corrected chi connectivity index (χ0v) is 9.79. The van der Waals surface area contributed by atoms with E-state index in [0.29, 0.717) is 5.82 Å². The maximum Gasteiger partial charge on any atom is 0.128 e. The number of nitrogens with two attached hydrogens (primary N) is 2. The molecule has 2 aromatic heterocycles. The summed E-state index contributed by atoms with van der Waals surface area (Å²) in [5.74, 6) is 6.13. The highest BCUT2D eigenvalue weighted by Crippen LogP contribution is 2.28. The second kappa shape index (κ2) is 4.61. The number of aryl methyl sites for hydroxylation is 1. The Kier molecular flexibility index (Phi) is 3.19. The average molecular weight is 234 g/mol. The summed E-state index contributed by atoms with van der Waals surface area (Å²) in [5, 5.41) is 4.07. The number of thiophene rings is 1. The average Bonchev–Trinajstić information content (AvgIpc) is 2.77. The van der Waals surface area contributed by atoms with Crippen LogP contribution in [0.4, 0.5) is 5.82 Å². The highest BCUT2D eigenvalue weighted by Gasteiger charge is 2.18. The van der Waals surface area contributed by atoms with Gasteiger partial charge in [-0.3, -0.25) is 5.84 Å². The van der Waals surface area contributed by atoms with Gasteiger partial charge in [-0.15, -0.1) is 0 Å². The Labute approximate surface area is 98.3 Å². The molecule has 0 radical (unpaired) electrons. The topological polar surface area (TPSA) is 77.0 Å². The van der Waals surface area contributed by atoms with Gasteiger partial charge < -0.3 is 5.73 Å². The zero-order chi connectivity index (χ0) is 11.5. The van der Waals surface area contributed by atoms with Gasteiger partial charge in [-0.25, -0.2) is 10.4 Å². The Hall–Kier alpha value is -1.43. The fourth-order valence-corrected chi connectivity index (χ4v) is 2.44. The molecule has 0 aliphatic carbocycles. The molecule has 2 rings (SSSR count). The van der Waals surface area contributed by atoms with E-state index in [9.17, 15) is 0 Å². The van der Waals surface area contributed by atoms with Gasteiger partial charge in [-0.1, -0.05) is 0 Å². The van der Waals surface area contributed by atoms with Crippen LogP contribution in [0.1, 0.15) is 22.7 Å². The number of rotatable bonds is 3. The molecule has 4 nitrogen and oxygen atoms in total. The molecule has 0 amide bonds. The third kappa shape index (κ3) is 1.92. The van der Waals surface area contributed by atoms with Crippen molar-refractivity contribution in [2.75, 3.05) is 5.73 Å². The molecule has 0 aliphatic heterocycles.